The zero-order valence-corrected chi connectivity index (χ0v) is 24.9. The molecule has 0 saturated carbocycles. The van der Waals surface area contributed by atoms with Crippen LogP contribution in [0.4, 0.5) is 4.79 Å². The standard InChI is InChI=1S/C30H32Cl2N6O3/c1-5-41-27-22(16-34-28(36-27)30(2,3)4)26-35-24(18-6-10-20(31)11-7-18)25(19-8-12-21(32)13-9-19)38(26)29(40)37-15-14-33-23(39)17-37/h6-13,16,24-25H,5,14-15,17H2,1-4H3,(H,33,39)/t24-,25+/m1/s1. The summed E-state index contributed by atoms with van der Waals surface area (Å²) in [6.45, 7) is 8.98. The highest BCUT2D eigenvalue weighted by Gasteiger charge is 2.45. The number of aromatic nitrogens is 2. The molecular formula is C30H32Cl2N6O3. The molecule has 1 saturated heterocycles. The van der Waals surface area contributed by atoms with Crippen molar-refractivity contribution in [3.05, 3.63) is 87.3 Å². The summed E-state index contributed by atoms with van der Waals surface area (Å²) < 4.78 is 6.01. The van der Waals surface area contributed by atoms with Crippen molar-refractivity contribution >= 4 is 41.0 Å². The van der Waals surface area contributed by atoms with Gasteiger partial charge in [0.05, 0.1) is 18.2 Å². The number of nitrogens with one attached hydrogen (secondary N) is 1. The first kappa shape index (κ1) is 28.8. The van der Waals surface area contributed by atoms with Gasteiger partial charge in [0.2, 0.25) is 11.8 Å². The third kappa shape index (κ3) is 6.01. The fourth-order valence-corrected chi connectivity index (χ4v) is 5.19. The van der Waals surface area contributed by atoms with Crippen LogP contribution in [0.25, 0.3) is 0 Å². The Morgan fingerprint density at radius 3 is 2.27 bits per heavy atom. The molecule has 2 aliphatic heterocycles. The molecule has 5 rings (SSSR count). The van der Waals surface area contributed by atoms with Crippen LogP contribution in [-0.4, -0.2) is 63.8 Å². The van der Waals surface area contributed by atoms with E-state index < -0.39 is 12.1 Å². The molecule has 214 valence electrons. The second kappa shape index (κ2) is 11.7. The number of ether oxygens (including phenoxy) is 1. The van der Waals surface area contributed by atoms with E-state index in [2.05, 4.69) is 10.3 Å². The van der Waals surface area contributed by atoms with Gasteiger partial charge in [0.15, 0.2) is 0 Å². The molecule has 1 aromatic heterocycles. The molecule has 0 aliphatic carbocycles. The number of piperazine rings is 1. The van der Waals surface area contributed by atoms with Gasteiger partial charge in [-0.1, -0.05) is 68.2 Å². The number of urea groups is 1. The topological polar surface area (TPSA) is 100 Å². The normalized spacial score (nSPS) is 19.2. The van der Waals surface area contributed by atoms with Gasteiger partial charge in [-0.25, -0.2) is 9.78 Å². The first-order chi connectivity index (χ1) is 19.6. The molecule has 3 heterocycles. The lowest BCUT2D eigenvalue weighted by molar-refractivity contribution is -0.123. The van der Waals surface area contributed by atoms with E-state index in [0.717, 1.165) is 11.1 Å². The predicted molar refractivity (Wildman–Crippen MR) is 159 cm³/mol. The average Bonchev–Trinajstić information content (AvgIpc) is 3.33. The number of carbonyl (C=O) groups is 2. The lowest BCUT2D eigenvalue weighted by Gasteiger charge is -2.35. The zero-order valence-electron chi connectivity index (χ0n) is 23.4. The highest BCUT2D eigenvalue weighted by Crippen LogP contribution is 2.45. The first-order valence-electron chi connectivity index (χ1n) is 13.5. The Hall–Kier alpha value is -3.69. The van der Waals surface area contributed by atoms with Crippen LogP contribution in [0.5, 0.6) is 5.88 Å². The summed E-state index contributed by atoms with van der Waals surface area (Å²) in [4.78, 5) is 44.4. The van der Waals surface area contributed by atoms with Crippen LogP contribution in [0.3, 0.4) is 0 Å². The number of nitrogens with zero attached hydrogens (tertiary/aromatic N) is 5. The van der Waals surface area contributed by atoms with Gasteiger partial charge in [-0.2, -0.15) is 4.98 Å². The molecule has 3 aromatic rings. The van der Waals surface area contributed by atoms with E-state index >= 15 is 0 Å². The van der Waals surface area contributed by atoms with Crippen LogP contribution in [0, 0.1) is 0 Å². The van der Waals surface area contributed by atoms with Crippen LogP contribution < -0.4 is 10.1 Å². The summed E-state index contributed by atoms with van der Waals surface area (Å²) >= 11 is 12.5. The number of halogens is 2. The second-order valence-electron chi connectivity index (χ2n) is 11.0. The smallest absolute Gasteiger partial charge is 0.326 e. The van der Waals surface area contributed by atoms with E-state index in [1.54, 1.807) is 35.4 Å². The summed E-state index contributed by atoms with van der Waals surface area (Å²) in [5.74, 6) is 1.10. The molecule has 2 aliphatic rings. The minimum Gasteiger partial charge on any atom is -0.477 e. The molecule has 41 heavy (non-hydrogen) atoms. The van der Waals surface area contributed by atoms with Crippen LogP contribution in [0.2, 0.25) is 10.0 Å². The summed E-state index contributed by atoms with van der Waals surface area (Å²) in [7, 11) is 0. The fraction of sp³-hybridized carbons (Fsp3) is 0.367. The van der Waals surface area contributed by atoms with Crippen molar-refractivity contribution in [3.63, 3.8) is 0 Å². The number of amidine groups is 1. The number of benzene rings is 2. The Bertz CT molecular complexity index is 1470. The molecular weight excluding hydrogens is 563 g/mol. The van der Waals surface area contributed by atoms with Crippen molar-refractivity contribution in [1.29, 1.82) is 0 Å². The largest absolute Gasteiger partial charge is 0.477 e. The highest BCUT2D eigenvalue weighted by atomic mass is 35.5. The van der Waals surface area contributed by atoms with Crippen LogP contribution >= 0.6 is 23.2 Å². The fourth-order valence-electron chi connectivity index (χ4n) is 4.94. The Morgan fingerprint density at radius 2 is 1.68 bits per heavy atom. The van der Waals surface area contributed by atoms with Gasteiger partial charge in [-0.15, -0.1) is 0 Å². The van der Waals surface area contributed by atoms with Crippen LogP contribution in [-0.2, 0) is 10.2 Å². The molecule has 0 bridgehead atoms. The maximum atomic E-state index is 14.4. The molecule has 3 amide bonds. The maximum absolute atomic E-state index is 14.4. The lowest BCUT2D eigenvalue weighted by atomic mass is 9.93. The Morgan fingerprint density at radius 1 is 1.05 bits per heavy atom. The summed E-state index contributed by atoms with van der Waals surface area (Å²) in [6.07, 6.45) is 1.67. The van der Waals surface area contributed by atoms with E-state index in [-0.39, 0.29) is 23.9 Å². The van der Waals surface area contributed by atoms with Gasteiger partial charge in [-0.3, -0.25) is 14.7 Å². The number of amides is 3. The third-order valence-electron chi connectivity index (χ3n) is 6.95. The minimum atomic E-state index is -0.558. The Labute approximate surface area is 249 Å². The number of carbonyl (C=O) groups excluding carboxylic acids is 2. The quantitative estimate of drug-likeness (QED) is 0.416. The van der Waals surface area contributed by atoms with Gasteiger partial charge in [0.25, 0.3) is 0 Å². The molecule has 11 heteroatoms. The Balaban J connectivity index is 1.71. The van der Waals surface area contributed by atoms with Gasteiger partial charge in [0.1, 0.15) is 24.2 Å². The van der Waals surface area contributed by atoms with Crippen molar-refractivity contribution in [2.24, 2.45) is 4.99 Å². The van der Waals surface area contributed by atoms with Crippen molar-refractivity contribution in [2.75, 3.05) is 26.2 Å². The van der Waals surface area contributed by atoms with Gasteiger partial charge < -0.3 is 15.0 Å². The van der Waals surface area contributed by atoms with E-state index in [0.29, 0.717) is 52.8 Å². The minimum absolute atomic E-state index is 0.0562. The zero-order chi connectivity index (χ0) is 29.3. The number of hydrogen-bond acceptors (Lipinski definition) is 6. The monoisotopic (exact) mass is 594 g/mol. The van der Waals surface area contributed by atoms with Gasteiger partial charge >= 0.3 is 6.03 Å². The summed E-state index contributed by atoms with van der Waals surface area (Å²) in [6, 6.07) is 13.4. The Kier molecular flexibility index (Phi) is 8.20. The predicted octanol–water partition coefficient (Wildman–Crippen LogP) is 5.58. The van der Waals surface area contributed by atoms with E-state index in [1.807, 2.05) is 52.0 Å². The highest BCUT2D eigenvalue weighted by molar-refractivity contribution is 6.30. The van der Waals surface area contributed by atoms with Gasteiger partial charge in [0, 0.05) is 34.7 Å². The molecule has 9 nitrogen and oxygen atoms in total. The lowest BCUT2D eigenvalue weighted by Crippen LogP contribution is -2.55. The summed E-state index contributed by atoms with van der Waals surface area (Å²) in [5, 5.41) is 3.96. The third-order valence-corrected chi connectivity index (χ3v) is 7.46. The van der Waals surface area contributed by atoms with E-state index in [1.165, 1.54) is 4.90 Å². The maximum Gasteiger partial charge on any atom is 0.326 e. The molecule has 0 radical (unpaired) electrons. The van der Waals surface area contributed by atoms with E-state index in [9.17, 15) is 9.59 Å². The molecule has 0 unspecified atom stereocenters. The van der Waals surface area contributed by atoms with Crippen molar-refractivity contribution in [3.8, 4) is 5.88 Å². The molecule has 1 fully saturated rings. The van der Waals surface area contributed by atoms with Gasteiger partial charge in [-0.05, 0) is 42.3 Å². The van der Waals surface area contributed by atoms with E-state index in [4.69, 9.17) is 37.9 Å². The molecule has 2 atom stereocenters. The average molecular weight is 596 g/mol. The first-order valence-corrected chi connectivity index (χ1v) is 14.3. The number of hydrogen-bond donors (Lipinski definition) is 1. The molecule has 1 N–H and O–H groups in total. The number of rotatable bonds is 5. The van der Waals surface area contributed by atoms with Crippen LogP contribution in [0.1, 0.15) is 62.3 Å². The van der Waals surface area contributed by atoms with Crippen molar-refractivity contribution in [2.45, 2.75) is 45.2 Å². The van der Waals surface area contributed by atoms with Crippen LogP contribution in [0.15, 0.2) is 59.7 Å². The SMILES string of the molecule is CCOc1nc(C(C)(C)C)ncc1C1=N[C@H](c2ccc(Cl)cc2)[C@H](c2ccc(Cl)cc2)N1C(=O)N1CCNC(=O)C1. The molecule has 2 aromatic carbocycles. The second-order valence-corrected chi connectivity index (χ2v) is 11.8. The number of aliphatic imine (C=N–C) groups is 1. The molecule has 0 spiro atoms. The summed E-state index contributed by atoms with van der Waals surface area (Å²) in [5.41, 5.74) is 1.86. The van der Waals surface area contributed by atoms with Crippen molar-refractivity contribution in [1.82, 2.24) is 25.1 Å². The van der Waals surface area contributed by atoms with Crippen molar-refractivity contribution < 1.29 is 14.3 Å².